The van der Waals surface area contributed by atoms with E-state index in [1.807, 2.05) is 0 Å². The number of nitrogens with zero attached hydrogens (tertiary/aromatic N) is 3. The number of aromatic nitrogens is 2. The number of H-pyrrole nitrogens is 1. The van der Waals surface area contributed by atoms with Gasteiger partial charge < -0.3 is 14.5 Å². The van der Waals surface area contributed by atoms with Crippen LogP contribution in [-0.4, -0.2) is 22.0 Å². The van der Waals surface area contributed by atoms with Gasteiger partial charge in [-0.3, -0.25) is 10.1 Å². The van der Waals surface area contributed by atoms with Crippen molar-refractivity contribution in [3.05, 3.63) is 92.0 Å². The highest BCUT2D eigenvalue weighted by Crippen LogP contribution is 2.36. The molecule has 0 amide bonds. The van der Waals surface area contributed by atoms with Crippen molar-refractivity contribution in [1.29, 1.82) is 5.26 Å². The van der Waals surface area contributed by atoms with Gasteiger partial charge in [0.15, 0.2) is 11.5 Å². The average molecular weight is 523 g/mol. The molecule has 0 bridgehead atoms. The molecule has 0 radical (unpaired) electrons. The number of imidazole rings is 1. The molecule has 4 aromatic rings. The molecule has 0 spiro atoms. The average Bonchev–Trinajstić information content (AvgIpc) is 3.25. The molecule has 4 rings (SSSR count). The predicted octanol–water partition coefficient (Wildman–Crippen LogP) is 6.02. The summed E-state index contributed by atoms with van der Waals surface area (Å²) in [6.07, 6.45) is 1.63. The van der Waals surface area contributed by atoms with Gasteiger partial charge >= 0.3 is 0 Å². The van der Waals surface area contributed by atoms with Crippen LogP contribution in [0.4, 0.5) is 10.1 Å². The second-order valence-corrected chi connectivity index (χ2v) is 8.01. The number of ether oxygens (including phenoxy) is 2. The lowest BCUT2D eigenvalue weighted by Gasteiger charge is -2.13. The van der Waals surface area contributed by atoms with E-state index in [9.17, 15) is 19.8 Å². The fourth-order valence-electron chi connectivity index (χ4n) is 3.23. The van der Waals surface area contributed by atoms with Crippen LogP contribution in [0.5, 0.6) is 11.5 Å². The first kappa shape index (κ1) is 22.9. The Morgan fingerprint density at radius 1 is 1.24 bits per heavy atom. The standard InChI is InChI=1S/C24H16BrFN4O4/c1-33-22-9-15(8-16(12-27)24-28-20-7-4-17(26)10-21(20)29-24)19(25)11-23(22)34-13-14-2-5-18(6-3-14)30(31)32/h2-11H,13H2,1H3,(H,28,29)/b16-8-. The van der Waals surface area contributed by atoms with Crippen LogP contribution in [0.15, 0.2) is 59.1 Å². The number of methoxy groups -OCH3 is 1. The van der Waals surface area contributed by atoms with Crippen LogP contribution in [0, 0.1) is 27.3 Å². The monoisotopic (exact) mass is 522 g/mol. The third-order valence-corrected chi connectivity index (χ3v) is 5.63. The zero-order chi connectivity index (χ0) is 24.2. The number of allylic oxidation sites excluding steroid dienone is 1. The molecule has 34 heavy (non-hydrogen) atoms. The topological polar surface area (TPSA) is 114 Å². The molecule has 0 aliphatic carbocycles. The van der Waals surface area contributed by atoms with Gasteiger partial charge in [0.05, 0.1) is 28.6 Å². The van der Waals surface area contributed by atoms with Gasteiger partial charge in [-0.05, 0) is 59.7 Å². The predicted molar refractivity (Wildman–Crippen MR) is 128 cm³/mol. The highest BCUT2D eigenvalue weighted by atomic mass is 79.9. The van der Waals surface area contributed by atoms with Crippen LogP contribution in [0.1, 0.15) is 17.0 Å². The Labute approximate surface area is 201 Å². The van der Waals surface area contributed by atoms with Gasteiger partial charge in [-0.15, -0.1) is 0 Å². The number of aromatic amines is 1. The third-order valence-electron chi connectivity index (χ3n) is 4.94. The summed E-state index contributed by atoms with van der Waals surface area (Å²) in [6, 6.07) is 15.7. The van der Waals surface area contributed by atoms with Crippen LogP contribution in [-0.2, 0) is 6.61 Å². The molecule has 0 atom stereocenters. The highest BCUT2D eigenvalue weighted by molar-refractivity contribution is 9.10. The van der Waals surface area contributed by atoms with E-state index in [-0.39, 0.29) is 17.9 Å². The molecule has 3 aromatic carbocycles. The largest absolute Gasteiger partial charge is 0.493 e. The number of nitriles is 1. The molecule has 10 heteroatoms. The molecule has 0 saturated carbocycles. The third kappa shape index (κ3) is 4.89. The van der Waals surface area contributed by atoms with Crippen LogP contribution >= 0.6 is 15.9 Å². The zero-order valence-electron chi connectivity index (χ0n) is 17.7. The number of nitro groups is 1. The number of non-ortho nitro benzene ring substituents is 1. The minimum atomic E-state index is -0.462. The first-order valence-corrected chi connectivity index (χ1v) is 10.7. The lowest BCUT2D eigenvalue weighted by molar-refractivity contribution is -0.384. The Morgan fingerprint density at radius 2 is 2.00 bits per heavy atom. The second-order valence-electron chi connectivity index (χ2n) is 7.15. The van der Waals surface area contributed by atoms with Crippen molar-refractivity contribution >= 4 is 44.3 Å². The first-order valence-electron chi connectivity index (χ1n) is 9.89. The Hall–Kier alpha value is -4.23. The Morgan fingerprint density at radius 3 is 2.68 bits per heavy atom. The van der Waals surface area contributed by atoms with Crippen molar-refractivity contribution < 1.29 is 18.8 Å². The lowest BCUT2D eigenvalue weighted by Crippen LogP contribution is -1.99. The number of hydrogen-bond acceptors (Lipinski definition) is 6. The summed E-state index contributed by atoms with van der Waals surface area (Å²) in [7, 11) is 1.49. The quantitative estimate of drug-likeness (QED) is 0.180. The van der Waals surface area contributed by atoms with E-state index in [1.54, 1.807) is 30.3 Å². The smallest absolute Gasteiger partial charge is 0.269 e. The number of halogens is 2. The summed E-state index contributed by atoms with van der Waals surface area (Å²) in [5.74, 6) is 0.789. The number of nitro benzene ring substituents is 1. The fourth-order valence-corrected chi connectivity index (χ4v) is 3.66. The van der Waals surface area contributed by atoms with Gasteiger partial charge in [0, 0.05) is 16.6 Å². The normalized spacial score (nSPS) is 11.3. The molecule has 0 fully saturated rings. The molecular formula is C24H16BrFN4O4. The summed E-state index contributed by atoms with van der Waals surface area (Å²) in [5.41, 5.74) is 2.68. The van der Waals surface area contributed by atoms with E-state index in [4.69, 9.17) is 9.47 Å². The van der Waals surface area contributed by atoms with Crippen molar-refractivity contribution in [2.45, 2.75) is 6.61 Å². The highest BCUT2D eigenvalue weighted by Gasteiger charge is 2.14. The van der Waals surface area contributed by atoms with E-state index in [2.05, 4.69) is 32.0 Å². The second kappa shape index (κ2) is 9.72. The minimum absolute atomic E-state index is 0.00287. The first-order chi connectivity index (χ1) is 16.4. The lowest BCUT2D eigenvalue weighted by atomic mass is 10.1. The van der Waals surface area contributed by atoms with E-state index < -0.39 is 10.7 Å². The van der Waals surface area contributed by atoms with Crippen molar-refractivity contribution in [3.8, 4) is 17.6 Å². The van der Waals surface area contributed by atoms with Crippen LogP contribution in [0.2, 0.25) is 0 Å². The van der Waals surface area contributed by atoms with Gasteiger partial charge in [-0.2, -0.15) is 5.26 Å². The van der Waals surface area contributed by atoms with Crippen LogP contribution in [0.25, 0.3) is 22.7 Å². The van der Waals surface area contributed by atoms with Crippen molar-refractivity contribution in [2.24, 2.45) is 0 Å². The molecule has 0 aliphatic heterocycles. The fraction of sp³-hybridized carbons (Fsp3) is 0.0833. The molecule has 8 nitrogen and oxygen atoms in total. The van der Waals surface area contributed by atoms with Gasteiger partial charge in [0.1, 0.15) is 24.3 Å². The van der Waals surface area contributed by atoms with E-state index in [0.717, 1.165) is 5.56 Å². The van der Waals surface area contributed by atoms with E-state index in [1.165, 1.54) is 37.4 Å². The maximum Gasteiger partial charge on any atom is 0.269 e. The SMILES string of the molecule is COc1cc(/C=C(/C#N)c2nc3ccc(F)cc3[nH]2)c(Br)cc1OCc1ccc([N+](=O)[O-])cc1. The van der Waals surface area contributed by atoms with Gasteiger partial charge in [0.25, 0.3) is 5.69 Å². The van der Waals surface area contributed by atoms with Gasteiger partial charge in [-0.1, -0.05) is 15.9 Å². The van der Waals surface area contributed by atoms with Crippen molar-refractivity contribution in [3.63, 3.8) is 0 Å². The Balaban J connectivity index is 1.60. The number of benzene rings is 3. The molecular weight excluding hydrogens is 507 g/mol. The maximum atomic E-state index is 13.5. The number of rotatable bonds is 7. The molecule has 1 N–H and O–H groups in total. The molecule has 1 heterocycles. The summed E-state index contributed by atoms with van der Waals surface area (Å²) >= 11 is 3.49. The molecule has 1 aromatic heterocycles. The number of nitrogens with one attached hydrogen (secondary N) is 1. The summed E-state index contributed by atoms with van der Waals surface area (Å²) in [5, 5.41) is 20.5. The molecule has 0 unspecified atom stereocenters. The summed E-state index contributed by atoms with van der Waals surface area (Å²) < 4.78 is 25.4. The Bertz CT molecular complexity index is 1460. The molecule has 0 aliphatic rings. The van der Waals surface area contributed by atoms with Gasteiger partial charge in [-0.25, -0.2) is 9.37 Å². The molecule has 170 valence electrons. The van der Waals surface area contributed by atoms with Crippen LogP contribution in [0.3, 0.4) is 0 Å². The number of hydrogen-bond donors (Lipinski definition) is 1. The Kier molecular flexibility index (Phi) is 6.56. The number of fused-ring (bicyclic) bond motifs is 1. The van der Waals surface area contributed by atoms with Crippen LogP contribution < -0.4 is 9.47 Å². The summed E-state index contributed by atoms with van der Waals surface area (Å²) in [4.78, 5) is 17.7. The van der Waals surface area contributed by atoms with Gasteiger partial charge in [0.2, 0.25) is 0 Å². The minimum Gasteiger partial charge on any atom is -0.493 e. The summed E-state index contributed by atoms with van der Waals surface area (Å²) in [6.45, 7) is 0.176. The van der Waals surface area contributed by atoms with E-state index >= 15 is 0 Å². The maximum absolute atomic E-state index is 13.5. The molecule has 0 saturated heterocycles. The van der Waals surface area contributed by atoms with Crippen molar-refractivity contribution in [2.75, 3.05) is 7.11 Å². The zero-order valence-corrected chi connectivity index (χ0v) is 19.3. The van der Waals surface area contributed by atoms with Crippen molar-refractivity contribution in [1.82, 2.24) is 9.97 Å². The van der Waals surface area contributed by atoms with E-state index in [0.29, 0.717) is 38.4 Å².